The molecule has 0 saturated carbocycles. The van der Waals surface area contributed by atoms with Gasteiger partial charge in [0.1, 0.15) is 0 Å². The van der Waals surface area contributed by atoms with Crippen molar-refractivity contribution in [1.29, 1.82) is 0 Å². The molecule has 4 heteroatoms. The van der Waals surface area contributed by atoms with Crippen LogP contribution in [0.15, 0.2) is 35.3 Å². The first-order valence-electron chi connectivity index (χ1n) is 7.36. The summed E-state index contributed by atoms with van der Waals surface area (Å²) in [6, 6.07) is 10.2. The van der Waals surface area contributed by atoms with Gasteiger partial charge in [0.15, 0.2) is 5.96 Å². The van der Waals surface area contributed by atoms with Crippen LogP contribution in [0.1, 0.15) is 26.3 Å². The Kier molecular flexibility index (Phi) is 8.47. The summed E-state index contributed by atoms with van der Waals surface area (Å²) in [6.45, 7) is 10.2. The van der Waals surface area contributed by atoms with Crippen LogP contribution < -0.4 is 10.6 Å². The molecular formula is C16H27N3O. The van der Waals surface area contributed by atoms with Crippen LogP contribution in [0.25, 0.3) is 0 Å². The number of benzene rings is 1. The van der Waals surface area contributed by atoms with E-state index in [1.165, 1.54) is 5.56 Å². The smallest absolute Gasteiger partial charge is 0.191 e. The Bertz CT molecular complexity index is 377. The number of rotatable bonds is 8. The molecule has 2 N–H and O–H groups in total. The number of aliphatic imine (C=N–C) groups is 1. The molecule has 0 unspecified atom stereocenters. The number of nitrogens with zero attached hydrogens (tertiary/aromatic N) is 1. The molecule has 112 valence electrons. The van der Waals surface area contributed by atoms with Gasteiger partial charge in [-0.2, -0.15) is 0 Å². The van der Waals surface area contributed by atoms with Gasteiger partial charge in [0.05, 0.1) is 13.2 Å². The summed E-state index contributed by atoms with van der Waals surface area (Å²) in [5.74, 6) is 1.42. The second kappa shape index (κ2) is 10.3. The molecule has 0 aliphatic carbocycles. The molecule has 0 saturated heterocycles. The Morgan fingerprint density at radius 1 is 1.20 bits per heavy atom. The van der Waals surface area contributed by atoms with Crippen LogP contribution in [0.4, 0.5) is 0 Å². The highest BCUT2D eigenvalue weighted by Gasteiger charge is 1.98. The molecule has 0 heterocycles. The molecule has 0 aliphatic heterocycles. The fourth-order valence-corrected chi connectivity index (χ4v) is 1.66. The third-order valence-electron chi connectivity index (χ3n) is 2.60. The summed E-state index contributed by atoms with van der Waals surface area (Å²) in [7, 11) is 0. The first-order valence-corrected chi connectivity index (χ1v) is 7.36. The molecule has 20 heavy (non-hydrogen) atoms. The second-order valence-electron chi connectivity index (χ2n) is 5.08. The molecule has 0 aliphatic rings. The maximum absolute atomic E-state index is 5.54. The average molecular weight is 277 g/mol. The quantitative estimate of drug-likeness (QED) is 0.436. The number of hydrogen-bond acceptors (Lipinski definition) is 2. The van der Waals surface area contributed by atoms with Crippen molar-refractivity contribution in [3.63, 3.8) is 0 Å². The van der Waals surface area contributed by atoms with Crippen molar-refractivity contribution in [3.05, 3.63) is 35.9 Å². The van der Waals surface area contributed by atoms with Gasteiger partial charge >= 0.3 is 0 Å². The highest BCUT2D eigenvalue weighted by atomic mass is 16.5. The number of hydrogen-bond donors (Lipinski definition) is 2. The normalized spacial score (nSPS) is 11.7. The Balaban J connectivity index is 2.32. The number of guanidine groups is 1. The van der Waals surface area contributed by atoms with E-state index in [0.29, 0.717) is 19.1 Å². The van der Waals surface area contributed by atoms with E-state index in [-0.39, 0.29) is 0 Å². The monoisotopic (exact) mass is 277 g/mol. The lowest BCUT2D eigenvalue weighted by atomic mass is 10.2. The predicted molar refractivity (Wildman–Crippen MR) is 84.9 cm³/mol. The van der Waals surface area contributed by atoms with Crippen molar-refractivity contribution in [2.75, 3.05) is 26.3 Å². The largest absolute Gasteiger partial charge is 0.379 e. The van der Waals surface area contributed by atoms with E-state index in [9.17, 15) is 0 Å². The molecule has 0 atom stereocenters. The van der Waals surface area contributed by atoms with Crippen LogP contribution >= 0.6 is 0 Å². The molecular weight excluding hydrogens is 250 g/mol. The highest BCUT2D eigenvalue weighted by Crippen LogP contribution is 1.99. The van der Waals surface area contributed by atoms with Crippen molar-refractivity contribution < 1.29 is 4.74 Å². The Hall–Kier alpha value is -1.55. The van der Waals surface area contributed by atoms with E-state index >= 15 is 0 Å². The van der Waals surface area contributed by atoms with E-state index < -0.39 is 0 Å². The molecule has 0 bridgehead atoms. The van der Waals surface area contributed by atoms with Crippen LogP contribution in [-0.2, 0) is 11.3 Å². The first kappa shape index (κ1) is 16.5. The summed E-state index contributed by atoms with van der Waals surface area (Å²) >= 11 is 0. The van der Waals surface area contributed by atoms with Crippen LogP contribution in [0, 0.1) is 5.92 Å². The van der Waals surface area contributed by atoms with Gasteiger partial charge in [-0.15, -0.1) is 0 Å². The van der Waals surface area contributed by atoms with Gasteiger partial charge in [-0.3, -0.25) is 0 Å². The van der Waals surface area contributed by atoms with Gasteiger partial charge in [0, 0.05) is 19.7 Å². The van der Waals surface area contributed by atoms with E-state index in [0.717, 1.165) is 25.7 Å². The van der Waals surface area contributed by atoms with Gasteiger partial charge < -0.3 is 15.4 Å². The first-order chi connectivity index (χ1) is 9.72. The molecule has 1 aromatic carbocycles. The molecule has 0 radical (unpaired) electrons. The van der Waals surface area contributed by atoms with Crippen LogP contribution in [0.3, 0.4) is 0 Å². The van der Waals surface area contributed by atoms with Crippen LogP contribution in [0.5, 0.6) is 0 Å². The Morgan fingerprint density at radius 3 is 2.60 bits per heavy atom. The van der Waals surface area contributed by atoms with Gasteiger partial charge in [-0.1, -0.05) is 44.2 Å². The standard InChI is InChI=1S/C16H27N3O/c1-4-17-16(18-10-11-20-13-14(2)3)19-12-15-8-6-5-7-9-15/h5-9,14H,4,10-13H2,1-3H3,(H2,17,18,19). The van der Waals surface area contributed by atoms with Crippen molar-refractivity contribution in [2.45, 2.75) is 27.3 Å². The van der Waals surface area contributed by atoms with Crippen LogP contribution in [0.2, 0.25) is 0 Å². The molecule has 1 rings (SSSR count). The molecule has 4 nitrogen and oxygen atoms in total. The minimum absolute atomic E-state index is 0.579. The van der Waals surface area contributed by atoms with Gasteiger partial charge in [0.25, 0.3) is 0 Å². The number of nitrogens with one attached hydrogen (secondary N) is 2. The van der Waals surface area contributed by atoms with E-state index in [1.807, 2.05) is 18.2 Å². The lowest BCUT2D eigenvalue weighted by Crippen LogP contribution is -2.39. The maximum atomic E-state index is 5.54. The summed E-state index contributed by atoms with van der Waals surface area (Å²) in [5, 5.41) is 6.51. The zero-order chi connectivity index (χ0) is 14.6. The minimum Gasteiger partial charge on any atom is -0.379 e. The van der Waals surface area contributed by atoms with E-state index in [4.69, 9.17) is 4.74 Å². The van der Waals surface area contributed by atoms with Crippen LogP contribution in [-0.4, -0.2) is 32.3 Å². The Morgan fingerprint density at radius 2 is 1.95 bits per heavy atom. The van der Waals surface area contributed by atoms with Gasteiger partial charge in [-0.25, -0.2) is 4.99 Å². The molecule has 0 fully saturated rings. The van der Waals surface area contributed by atoms with Crippen molar-refractivity contribution in [2.24, 2.45) is 10.9 Å². The zero-order valence-corrected chi connectivity index (χ0v) is 12.9. The van der Waals surface area contributed by atoms with Crippen molar-refractivity contribution in [3.8, 4) is 0 Å². The number of ether oxygens (including phenoxy) is 1. The third-order valence-corrected chi connectivity index (χ3v) is 2.60. The third kappa shape index (κ3) is 7.79. The molecule has 1 aromatic rings. The lowest BCUT2D eigenvalue weighted by molar-refractivity contribution is 0.114. The average Bonchev–Trinajstić information content (AvgIpc) is 2.45. The zero-order valence-electron chi connectivity index (χ0n) is 12.9. The molecule has 0 spiro atoms. The van der Waals surface area contributed by atoms with Gasteiger partial charge in [0.2, 0.25) is 0 Å². The summed E-state index contributed by atoms with van der Waals surface area (Å²) in [5.41, 5.74) is 1.21. The van der Waals surface area contributed by atoms with Crippen molar-refractivity contribution >= 4 is 5.96 Å². The molecule has 0 amide bonds. The summed E-state index contributed by atoms with van der Waals surface area (Å²) in [4.78, 5) is 4.56. The van der Waals surface area contributed by atoms with E-state index in [2.05, 4.69) is 48.5 Å². The summed E-state index contributed by atoms with van der Waals surface area (Å²) in [6.07, 6.45) is 0. The molecule has 0 aromatic heterocycles. The lowest BCUT2D eigenvalue weighted by Gasteiger charge is -2.12. The van der Waals surface area contributed by atoms with Crippen molar-refractivity contribution in [1.82, 2.24) is 10.6 Å². The minimum atomic E-state index is 0.579. The van der Waals surface area contributed by atoms with Gasteiger partial charge in [-0.05, 0) is 18.4 Å². The van der Waals surface area contributed by atoms with E-state index in [1.54, 1.807) is 0 Å². The predicted octanol–water partition coefficient (Wildman–Crippen LogP) is 2.41. The fraction of sp³-hybridized carbons (Fsp3) is 0.562. The topological polar surface area (TPSA) is 45.7 Å². The summed E-state index contributed by atoms with van der Waals surface area (Å²) < 4.78 is 5.54. The Labute approximate surface area is 122 Å². The SMILES string of the molecule is CCNC(=NCc1ccccc1)NCCOCC(C)C. The fourth-order valence-electron chi connectivity index (χ4n) is 1.66. The second-order valence-corrected chi connectivity index (χ2v) is 5.08. The maximum Gasteiger partial charge on any atom is 0.191 e. The highest BCUT2D eigenvalue weighted by molar-refractivity contribution is 5.79.